The molecule has 0 bridgehead atoms. The van der Waals surface area contributed by atoms with Gasteiger partial charge >= 0.3 is 0 Å². The van der Waals surface area contributed by atoms with Gasteiger partial charge < -0.3 is 14.4 Å². The van der Waals surface area contributed by atoms with Gasteiger partial charge in [0.25, 0.3) is 0 Å². The fraction of sp³-hybridized carbons (Fsp3) is 0.235. The number of nitrogens with zero attached hydrogens (tertiary/aromatic N) is 2. The minimum atomic E-state index is -0.642. The van der Waals surface area contributed by atoms with E-state index in [0.29, 0.717) is 12.2 Å². The fourth-order valence-corrected chi connectivity index (χ4v) is 2.60. The lowest BCUT2D eigenvalue weighted by Gasteiger charge is -2.14. The molecule has 4 nitrogen and oxygen atoms in total. The van der Waals surface area contributed by atoms with E-state index in [-0.39, 0.29) is 0 Å². The van der Waals surface area contributed by atoms with Crippen molar-refractivity contribution in [2.45, 2.75) is 12.5 Å². The first kappa shape index (κ1) is 13.6. The van der Waals surface area contributed by atoms with Crippen molar-refractivity contribution < 1.29 is 9.84 Å². The van der Waals surface area contributed by atoms with E-state index < -0.39 is 6.10 Å². The monoisotopic (exact) mass is 282 g/mol. The van der Waals surface area contributed by atoms with Gasteiger partial charge in [0, 0.05) is 19.0 Å². The van der Waals surface area contributed by atoms with Crippen molar-refractivity contribution >= 4 is 11.0 Å². The van der Waals surface area contributed by atoms with Gasteiger partial charge in [-0.25, -0.2) is 4.98 Å². The van der Waals surface area contributed by atoms with Crippen molar-refractivity contribution in [1.82, 2.24) is 9.55 Å². The van der Waals surface area contributed by atoms with Gasteiger partial charge in [-0.15, -0.1) is 0 Å². The Kier molecular flexibility index (Phi) is 3.62. The molecule has 0 saturated carbocycles. The van der Waals surface area contributed by atoms with Crippen LogP contribution in [-0.2, 0) is 13.5 Å². The predicted octanol–water partition coefficient (Wildman–Crippen LogP) is 2.86. The van der Waals surface area contributed by atoms with Crippen molar-refractivity contribution in [3.05, 3.63) is 59.9 Å². The molecule has 1 atom stereocenters. The highest BCUT2D eigenvalue weighted by molar-refractivity contribution is 5.75. The molecular formula is C17H18N2O2. The van der Waals surface area contributed by atoms with Crippen molar-refractivity contribution in [3.8, 4) is 5.75 Å². The molecule has 1 N–H and O–H groups in total. The second-order valence-electron chi connectivity index (χ2n) is 5.04. The van der Waals surface area contributed by atoms with Gasteiger partial charge in [-0.1, -0.05) is 30.3 Å². The summed E-state index contributed by atoms with van der Waals surface area (Å²) in [5, 5.41) is 10.5. The molecule has 3 rings (SSSR count). The average molecular weight is 282 g/mol. The molecule has 4 heteroatoms. The number of imidazole rings is 1. The molecular weight excluding hydrogens is 264 g/mol. The molecule has 21 heavy (non-hydrogen) atoms. The van der Waals surface area contributed by atoms with Gasteiger partial charge in [0.2, 0.25) is 0 Å². The number of benzene rings is 2. The summed E-state index contributed by atoms with van der Waals surface area (Å²) in [6, 6.07) is 15.5. The van der Waals surface area contributed by atoms with E-state index in [9.17, 15) is 5.11 Å². The SMILES string of the molecule is COc1ccccc1[C@@H](O)Cc1nc2ccccc2n1C. The topological polar surface area (TPSA) is 47.3 Å². The summed E-state index contributed by atoms with van der Waals surface area (Å²) in [7, 11) is 3.58. The van der Waals surface area contributed by atoms with Crippen LogP contribution >= 0.6 is 0 Å². The standard InChI is InChI=1S/C17H18N2O2/c1-19-14-9-5-4-8-13(14)18-17(19)11-15(20)12-7-3-6-10-16(12)21-2/h3-10,15,20H,11H2,1-2H3/t15-/m0/s1. The summed E-state index contributed by atoms with van der Waals surface area (Å²) in [6.07, 6.45) is -0.192. The maximum atomic E-state index is 10.5. The number of para-hydroxylation sites is 3. The summed E-state index contributed by atoms with van der Waals surface area (Å²) >= 11 is 0. The Hall–Kier alpha value is -2.33. The lowest BCUT2D eigenvalue weighted by Crippen LogP contribution is -2.08. The maximum absolute atomic E-state index is 10.5. The normalized spacial score (nSPS) is 12.5. The Balaban J connectivity index is 1.93. The van der Waals surface area contributed by atoms with Crippen LogP contribution in [0.25, 0.3) is 11.0 Å². The van der Waals surface area contributed by atoms with Crippen molar-refractivity contribution in [1.29, 1.82) is 0 Å². The third kappa shape index (κ3) is 2.50. The second-order valence-corrected chi connectivity index (χ2v) is 5.04. The summed E-state index contributed by atoms with van der Waals surface area (Å²) in [5.74, 6) is 1.55. The van der Waals surface area contributed by atoms with Gasteiger partial charge in [0.15, 0.2) is 0 Å². The number of hydrogen-bond acceptors (Lipinski definition) is 3. The summed E-state index contributed by atoms with van der Waals surface area (Å²) < 4.78 is 7.33. The zero-order valence-corrected chi connectivity index (χ0v) is 12.2. The number of rotatable bonds is 4. The van der Waals surface area contributed by atoms with Crippen LogP contribution in [0.3, 0.4) is 0 Å². The zero-order valence-electron chi connectivity index (χ0n) is 12.2. The van der Waals surface area contributed by atoms with Crippen LogP contribution in [0.15, 0.2) is 48.5 Å². The quantitative estimate of drug-likeness (QED) is 0.800. The van der Waals surface area contributed by atoms with E-state index >= 15 is 0 Å². The van der Waals surface area contributed by atoms with Crippen molar-refractivity contribution in [3.63, 3.8) is 0 Å². The molecule has 0 fully saturated rings. The van der Waals surface area contributed by atoms with Crippen LogP contribution in [0.5, 0.6) is 5.75 Å². The van der Waals surface area contributed by atoms with Gasteiger partial charge in [0.05, 0.1) is 24.2 Å². The Labute approximate surface area is 123 Å². The number of aromatic nitrogens is 2. The molecule has 1 aromatic heterocycles. The van der Waals surface area contributed by atoms with E-state index in [1.807, 2.05) is 60.1 Å². The highest BCUT2D eigenvalue weighted by Gasteiger charge is 2.17. The van der Waals surface area contributed by atoms with E-state index in [1.165, 1.54) is 0 Å². The third-order valence-corrected chi connectivity index (χ3v) is 3.75. The summed E-state index contributed by atoms with van der Waals surface area (Å²) in [6.45, 7) is 0. The highest BCUT2D eigenvalue weighted by atomic mass is 16.5. The predicted molar refractivity (Wildman–Crippen MR) is 82.4 cm³/mol. The second kappa shape index (κ2) is 5.58. The van der Waals surface area contributed by atoms with Crippen molar-refractivity contribution in [2.24, 2.45) is 7.05 Å². The number of methoxy groups -OCH3 is 1. The molecule has 2 aromatic carbocycles. The van der Waals surface area contributed by atoms with E-state index in [1.54, 1.807) is 7.11 Å². The molecule has 0 saturated heterocycles. The summed E-state index contributed by atoms with van der Waals surface area (Å²) in [4.78, 5) is 4.60. The molecule has 0 unspecified atom stereocenters. The molecule has 0 amide bonds. The average Bonchev–Trinajstić information content (AvgIpc) is 2.84. The number of hydrogen-bond donors (Lipinski definition) is 1. The largest absolute Gasteiger partial charge is 0.496 e. The Morgan fingerprint density at radius 1 is 1.14 bits per heavy atom. The van der Waals surface area contributed by atoms with Crippen LogP contribution in [-0.4, -0.2) is 21.8 Å². The molecule has 108 valence electrons. The first-order chi connectivity index (χ1) is 10.2. The lowest BCUT2D eigenvalue weighted by molar-refractivity contribution is 0.170. The Bertz CT molecular complexity index is 764. The molecule has 1 heterocycles. The van der Waals surface area contributed by atoms with Crippen LogP contribution in [0.4, 0.5) is 0 Å². The third-order valence-electron chi connectivity index (χ3n) is 3.75. The van der Waals surface area contributed by atoms with E-state index in [4.69, 9.17) is 4.74 Å². The van der Waals surface area contributed by atoms with Crippen LogP contribution in [0.1, 0.15) is 17.5 Å². The maximum Gasteiger partial charge on any atom is 0.124 e. The first-order valence-corrected chi connectivity index (χ1v) is 6.92. The van der Waals surface area contributed by atoms with Crippen LogP contribution in [0.2, 0.25) is 0 Å². The van der Waals surface area contributed by atoms with Gasteiger partial charge in [-0.2, -0.15) is 0 Å². The molecule has 0 radical (unpaired) electrons. The number of fused-ring (bicyclic) bond motifs is 1. The zero-order chi connectivity index (χ0) is 14.8. The highest BCUT2D eigenvalue weighted by Crippen LogP contribution is 2.27. The lowest BCUT2D eigenvalue weighted by atomic mass is 10.1. The number of aliphatic hydroxyl groups excluding tert-OH is 1. The molecule has 3 aromatic rings. The first-order valence-electron chi connectivity index (χ1n) is 6.92. The number of aliphatic hydroxyl groups is 1. The van der Waals surface area contributed by atoms with Gasteiger partial charge in [-0.05, 0) is 18.2 Å². The van der Waals surface area contributed by atoms with E-state index in [2.05, 4.69) is 4.98 Å². The Morgan fingerprint density at radius 2 is 1.86 bits per heavy atom. The minimum Gasteiger partial charge on any atom is -0.496 e. The number of aryl methyl sites for hydroxylation is 1. The molecule has 0 spiro atoms. The smallest absolute Gasteiger partial charge is 0.124 e. The fourth-order valence-electron chi connectivity index (χ4n) is 2.60. The summed E-state index contributed by atoms with van der Waals surface area (Å²) in [5.41, 5.74) is 2.80. The Morgan fingerprint density at radius 3 is 2.62 bits per heavy atom. The molecule has 0 aliphatic rings. The van der Waals surface area contributed by atoms with E-state index in [0.717, 1.165) is 22.4 Å². The van der Waals surface area contributed by atoms with Crippen LogP contribution in [0, 0.1) is 0 Å². The molecule has 0 aliphatic heterocycles. The van der Waals surface area contributed by atoms with Crippen molar-refractivity contribution in [2.75, 3.05) is 7.11 Å². The van der Waals surface area contributed by atoms with Gasteiger partial charge in [0.1, 0.15) is 11.6 Å². The minimum absolute atomic E-state index is 0.450. The number of ether oxygens (including phenoxy) is 1. The van der Waals surface area contributed by atoms with Crippen LogP contribution < -0.4 is 4.74 Å². The molecule has 0 aliphatic carbocycles. The van der Waals surface area contributed by atoms with Gasteiger partial charge in [-0.3, -0.25) is 0 Å².